The van der Waals surface area contributed by atoms with Crippen LogP contribution >= 0.6 is 0 Å². The molecule has 1 atom stereocenters. The summed E-state index contributed by atoms with van der Waals surface area (Å²) in [5.74, 6) is 0.0126. The Bertz CT molecular complexity index is 534. The minimum Gasteiger partial charge on any atom is -0.395 e. The first kappa shape index (κ1) is 13.5. The third-order valence-electron chi connectivity index (χ3n) is 2.98. The maximum Gasteiger partial charge on any atom is 0.193 e. The van der Waals surface area contributed by atoms with E-state index in [0.717, 1.165) is 5.56 Å². The predicted molar refractivity (Wildman–Crippen MR) is 75.1 cm³/mol. The van der Waals surface area contributed by atoms with Crippen molar-refractivity contribution in [2.75, 3.05) is 6.61 Å². The number of rotatable bonds is 5. The molecule has 0 amide bonds. The largest absolute Gasteiger partial charge is 0.395 e. The van der Waals surface area contributed by atoms with Crippen molar-refractivity contribution in [2.24, 2.45) is 5.73 Å². The van der Waals surface area contributed by atoms with Gasteiger partial charge in [-0.25, -0.2) is 0 Å². The lowest BCUT2D eigenvalue weighted by Gasteiger charge is -2.08. The molecule has 3 nitrogen and oxygen atoms in total. The number of aliphatic hydroxyl groups excluding tert-OH is 1. The fourth-order valence-corrected chi connectivity index (χ4v) is 1.92. The topological polar surface area (TPSA) is 63.3 Å². The van der Waals surface area contributed by atoms with Crippen LogP contribution in [0.1, 0.15) is 21.5 Å². The zero-order chi connectivity index (χ0) is 13.7. The van der Waals surface area contributed by atoms with E-state index < -0.39 is 0 Å². The quantitative estimate of drug-likeness (QED) is 0.800. The summed E-state index contributed by atoms with van der Waals surface area (Å²) in [6, 6.07) is 16.3. The number of ketones is 1. The summed E-state index contributed by atoms with van der Waals surface area (Å²) >= 11 is 0. The second-order valence-corrected chi connectivity index (χ2v) is 4.54. The third kappa shape index (κ3) is 3.50. The van der Waals surface area contributed by atoms with Gasteiger partial charge in [0.2, 0.25) is 0 Å². The fraction of sp³-hybridized carbons (Fsp3) is 0.188. The van der Waals surface area contributed by atoms with E-state index in [1.807, 2.05) is 30.3 Å². The average molecular weight is 255 g/mol. The van der Waals surface area contributed by atoms with Gasteiger partial charge >= 0.3 is 0 Å². The number of hydrogen-bond donors (Lipinski definition) is 2. The standard InChI is InChI=1S/C16H17NO2/c17-15(11-18)10-12-6-8-14(9-7-12)16(19)13-4-2-1-3-5-13/h1-9,15,18H,10-11,17H2. The molecule has 2 aromatic carbocycles. The van der Waals surface area contributed by atoms with E-state index >= 15 is 0 Å². The minimum atomic E-state index is -0.254. The Hall–Kier alpha value is -1.97. The first-order valence-electron chi connectivity index (χ1n) is 6.26. The van der Waals surface area contributed by atoms with Gasteiger partial charge in [-0.1, -0.05) is 54.6 Å². The summed E-state index contributed by atoms with van der Waals surface area (Å²) in [7, 11) is 0. The molecule has 0 aliphatic heterocycles. The Morgan fingerprint density at radius 2 is 1.58 bits per heavy atom. The van der Waals surface area contributed by atoms with E-state index in [1.54, 1.807) is 24.3 Å². The zero-order valence-corrected chi connectivity index (χ0v) is 10.6. The summed E-state index contributed by atoms with van der Waals surface area (Å²) in [6.07, 6.45) is 0.607. The lowest BCUT2D eigenvalue weighted by Crippen LogP contribution is -2.26. The van der Waals surface area contributed by atoms with Gasteiger partial charge in [-0.2, -0.15) is 0 Å². The van der Waals surface area contributed by atoms with Crippen molar-refractivity contribution in [3.63, 3.8) is 0 Å². The van der Waals surface area contributed by atoms with Crippen LogP contribution in [-0.4, -0.2) is 23.5 Å². The molecule has 0 heterocycles. The van der Waals surface area contributed by atoms with Gasteiger partial charge in [0.25, 0.3) is 0 Å². The van der Waals surface area contributed by atoms with Crippen molar-refractivity contribution >= 4 is 5.78 Å². The van der Waals surface area contributed by atoms with Gasteiger partial charge in [0, 0.05) is 17.2 Å². The molecule has 1 unspecified atom stereocenters. The van der Waals surface area contributed by atoms with Crippen molar-refractivity contribution in [1.82, 2.24) is 0 Å². The first-order valence-corrected chi connectivity index (χ1v) is 6.26. The molecule has 19 heavy (non-hydrogen) atoms. The average Bonchev–Trinajstić information content (AvgIpc) is 2.48. The molecule has 0 spiro atoms. The molecule has 3 N–H and O–H groups in total. The van der Waals surface area contributed by atoms with E-state index in [4.69, 9.17) is 10.8 Å². The number of benzene rings is 2. The monoisotopic (exact) mass is 255 g/mol. The third-order valence-corrected chi connectivity index (χ3v) is 2.98. The van der Waals surface area contributed by atoms with Gasteiger partial charge in [-0.3, -0.25) is 4.79 Å². The second kappa shape index (κ2) is 6.27. The molecule has 98 valence electrons. The highest BCUT2D eigenvalue weighted by molar-refractivity contribution is 6.08. The van der Waals surface area contributed by atoms with Crippen LogP contribution < -0.4 is 5.73 Å². The van der Waals surface area contributed by atoms with Gasteiger partial charge in [0.1, 0.15) is 0 Å². The van der Waals surface area contributed by atoms with Crippen molar-refractivity contribution in [1.29, 1.82) is 0 Å². The summed E-state index contributed by atoms with van der Waals surface area (Å²) in [5.41, 5.74) is 8.04. The molecular weight excluding hydrogens is 238 g/mol. The van der Waals surface area contributed by atoms with E-state index in [9.17, 15) is 4.79 Å². The highest BCUT2D eigenvalue weighted by Gasteiger charge is 2.08. The normalized spacial score (nSPS) is 12.1. The Kier molecular flexibility index (Phi) is 4.44. The number of nitrogens with two attached hydrogens (primary N) is 1. The first-order chi connectivity index (χ1) is 9.20. The van der Waals surface area contributed by atoms with Crippen LogP contribution in [0.3, 0.4) is 0 Å². The number of hydrogen-bond acceptors (Lipinski definition) is 3. The number of carbonyl (C=O) groups excluding carboxylic acids is 1. The van der Waals surface area contributed by atoms with Crippen LogP contribution in [0.15, 0.2) is 54.6 Å². The second-order valence-electron chi connectivity index (χ2n) is 4.54. The van der Waals surface area contributed by atoms with Crippen molar-refractivity contribution in [3.05, 3.63) is 71.3 Å². The zero-order valence-electron chi connectivity index (χ0n) is 10.6. The van der Waals surface area contributed by atoms with Gasteiger partial charge in [-0.15, -0.1) is 0 Å². The summed E-state index contributed by atoms with van der Waals surface area (Å²) < 4.78 is 0. The molecule has 3 heteroatoms. The summed E-state index contributed by atoms with van der Waals surface area (Å²) in [5, 5.41) is 8.91. The molecule has 0 saturated heterocycles. The van der Waals surface area contributed by atoms with Gasteiger partial charge in [0.05, 0.1) is 6.61 Å². The smallest absolute Gasteiger partial charge is 0.193 e. The molecule has 0 bridgehead atoms. The van der Waals surface area contributed by atoms with Gasteiger partial charge in [0.15, 0.2) is 5.78 Å². The number of aliphatic hydroxyl groups is 1. The van der Waals surface area contributed by atoms with E-state index in [2.05, 4.69) is 0 Å². The van der Waals surface area contributed by atoms with Crippen LogP contribution in [0, 0.1) is 0 Å². The molecule has 2 rings (SSSR count). The maximum atomic E-state index is 12.2. The van der Waals surface area contributed by atoms with Crippen molar-refractivity contribution < 1.29 is 9.90 Å². The van der Waals surface area contributed by atoms with E-state index in [1.165, 1.54) is 0 Å². The van der Waals surface area contributed by atoms with Crippen LogP contribution in [-0.2, 0) is 6.42 Å². The van der Waals surface area contributed by atoms with Crippen LogP contribution in [0.2, 0.25) is 0 Å². The molecule has 0 fully saturated rings. The lowest BCUT2D eigenvalue weighted by molar-refractivity contribution is 0.103. The summed E-state index contributed by atoms with van der Waals surface area (Å²) in [4.78, 5) is 12.2. The van der Waals surface area contributed by atoms with Crippen molar-refractivity contribution in [2.45, 2.75) is 12.5 Å². The SMILES string of the molecule is NC(CO)Cc1ccc(C(=O)c2ccccc2)cc1. The fourth-order valence-electron chi connectivity index (χ4n) is 1.92. The maximum absolute atomic E-state index is 12.2. The Morgan fingerprint density at radius 1 is 1.00 bits per heavy atom. The molecule has 0 aromatic heterocycles. The Labute approximate surface area is 112 Å². The molecule has 0 radical (unpaired) electrons. The predicted octanol–water partition coefficient (Wildman–Crippen LogP) is 1.78. The molecular formula is C16H17NO2. The van der Waals surface area contributed by atoms with E-state index in [-0.39, 0.29) is 18.4 Å². The Balaban J connectivity index is 2.12. The van der Waals surface area contributed by atoms with Gasteiger partial charge in [-0.05, 0) is 12.0 Å². The highest BCUT2D eigenvalue weighted by atomic mass is 16.3. The minimum absolute atomic E-state index is 0.0126. The molecule has 2 aromatic rings. The van der Waals surface area contributed by atoms with Crippen LogP contribution in [0.25, 0.3) is 0 Å². The summed E-state index contributed by atoms with van der Waals surface area (Å²) in [6.45, 7) is -0.0370. The van der Waals surface area contributed by atoms with Crippen molar-refractivity contribution in [3.8, 4) is 0 Å². The lowest BCUT2D eigenvalue weighted by atomic mass is 10.00. The highest BCUT2D eigenvalue weighted by Crippen LogP contribution is 2.11. The van der Waals surface area contributed by atoms with Crippen LogP contribution in [0.4, 0.5) is 0 Å². The molecule has 0 aliphatic carbocycles. The Morgan fingerprint density at radius 3 is 2.16 bits per heavy atom. The van der Waals surface area contributed by atoms with E-state index in [0.29, 0.717) is 17.5 Å². The molecule has 0 aliphatic rings. The number of carbonyl (C=O) groups is 1. The van der Waals surface area contributed by atoms with Crippen LogP contribution in [0.5, 0.6) is 0 Å². The van der Waals surface area contributed by atoms with Gasteiger partial charge < -0.3 is 10.8 Å². The molecule has 0 saturated carbocycles.